The number of hydrogen-bond acceptors (Lipinski definition) is 4. The Balaban J connectivity index is 1.49. The molecular formula is C26H21Cl2N3O3. The van der Waals surface area contributed by atoms with E-state index in [9.17, 15) is 4.79 Å². The molecule has 0 saturated carbocycles. The van der Waals surface area contributed by atoms with E-state index in [1.54, 1.807) is 29.2 Å². The Morgan fingerprint density at radius 2 is 1.97 bits per heavy atom. The summed E-state index contributed by atoms with van der Waals surface area (Å²) in [4.78, 5) is 18.6. The Labute approximate surface area is 207 Å². The van der Waals surface area contributed by atoms with Crippen LogP contribution in [-0.4, -0.2) is 29.1 Å². The molecule has 8 heteroatoms. The zero-order valence-electron chi connectivity index (χ0n) is 18.1. The summed E-state index contributed by atoms with van der Waals surface area (Å²) in [7, 11) is 0. The van der Waals surface area contributed by atoms with Crippen LogP contribution in [0, 0.1) is 17.2 Å². The standard InChI is InChI=1S/C26H21Cl2N3O3/c27-17-3-8-20(9-4-17)34-26(32)31-13-11-21-22-15-18(28)5-10-23(22)30-24(21)25(31)16-1-6-19(7-2-16)33-14-12-29/h1,3-10,15-16,25,30H,2,11,13-14H2. The summed E-state index contributed by atoms with van der Waals surface area (Å²) in [5.41, 5.74) is 3.14. The van der Waals surface area contributed by atoms with Gasteiger partial charge in [-0.25, -0.2) is 4.79 Å². The third-order valence-corrected chi connectivity index (χ3v) is 6.68. The molecule has 34 heavy (non-hydrogen) atoms. The summed E-state index contributed by atoms with van der Waals surface area (Å²) in [6.07, 6.45) is 6.78. The summed E-state index contributed by atoms with van der Waals surface area (Å²) in [6, 6.07) is 14.2. The number of rotatable bonds is 4. The van der Waals surface area contributed by atoms with Gasteiger partial charge in [0.2, 0.25) is 0 Å². The maximum absolute atomic E-state index is 13.3. The fraction of sp³-hybridized carbons (Fsp3) is 0.231. The molecule has 172 valence electrons. The Bertz CT molecular complexity index is 1340. The van der Waals surface area contributed by atoms with Crippen molar-refractivity contribution in [2.75, 3.05) is 13.2 Å². The molecule has 2 unspecified atom stereocenters. The number of benzene rings is 2. The molecule has 6 nitrogen and oxygen atoms in total. The van der Waals surface area contributed by atoms with E-state index < -0.39 is 6.09 Å². The SMILES string of the molecule is N#CCOC1=CCC(C2c3[nH]c4ccc(Cl)cc4c3CCN2C(=O)Oc2ccc(Cl)cc2)C=C1. The lowest BCUT2D eigenvalue weighted by Gasteiger charge is -2.39. The van der Waals surface area contributed by atoms with E-state index in [4.69, 9.17) is 37.9 Å². The van der Waals surface area contributed by atoms with Gasteiger partial charge in [-0.2, -0.15) is 5.26 Å². The van der Waals surface area contributed by atoms with Crippen LogP contribution in [0.5, 0.6) is 5.75 Å². The molecule has 2 heterocycles. The summed E-state index contributed by atoms with van der Waals surface area (Å²) in [6.45, 7) is 0.506. The molecule has 5 rings (SSSR count). The molecule has 0 bridgehead atoms. The number of hydrogen-bond donors (Lipinski definition) is 1. The number of aromatic amines is 1. The average molecular weight is 494 g/mol. The van der Waals surface area contributed by atoms with Crippen LogP contribution in [0.25, 0.3) is 10.9 Å². The van der Waals surface area contributed by atoms with E-state index in [0.717, 1.165) is 16.6 Å². The molecule has 2 aliphatic rings. The molecule has 0 radical (unpaired) electrons. The predicted octanol–water partition coefficient (Wildman–Crippen LogP) is 6.57. The Morgan fingerprint density at radius 3 is 2.71 bits per heavy atom. The Kier molecular flexibility index (Phi) is 6.23. The van der Waals surface area contributed by atoms with Gasteiger partial charge in [-0.3, -0.25) is 4.90 Å². The van der Waals surface area contributed by atoms with Crippen LogP contribution in [0.4, 0.5) is 4.79 Å². The van der Waals surface area contributed by atoms with Crippen LogP contribution in [0.15, 0.2) is 66.5 Å². The lowest BCUT2D eigenvalue weighted by Crippen LogP contribution is -2.44. The van der Waals surface area contributed by atoms with Crippen LogP contribution in [0.3, 0.4) is 0 Å². The van der Waals surface area contributed by atoms with Crippen molar-refractivity contribution >= 4 is 40.2 Å². The van der Waals surface area contributed by atoms with Gasteiger partial charge in [-0.05, 0) is 73.0 Å². The molecular weight excluding hydrogens is 473 g/mol. The number of amides is 1. The molecule has 0 spiro atoms. The van der Waals surface area contributed by atoms with Crippen LogP contribution in [-0.2, 0) is 11.2 Å². The molecule has 1 aromatic heterocycles. The van der Waals surface area contributed by atoms with Crippen molar-refractivity contribution in [1.29, 1.82) is 5.26 Å². The molecule has 0 fully saturated rings. The second-order valence-electron chi connectivity index (χ2n) is 8.23. The number of carbonyl (C=O) groups is 1. The number of nitrogens with one attached hydrogen (secondary N) is 1. The Morgan fingerprint density at radius 1 is 1.18 bits per heavy atom. The predicted molar refractivity (Wildman–Crippen MR) is 131 cm³/mol. The topological polar surface area (TPSA) is 78.4 Å². The van der Waals surface area contributed by atoms with Crippen LogP contribution in [0.2, 0.25) is 10.0 Å². The summed E-state index contributed by atoms with van der Waals surface area (Å²) in [5.74, 6) is 1.09. The summed E-state index contributed by atoms with van der Waals surface area (Å²) < 4.78 is 11.1. The van der Waals surface area contributed by atoms with Gasteiger partial charge in [0.25, 0.3) is 0 Å². The smallest absolute Gasteiger partial charge is 0.415 e. The zero-order chi connectivity index (χ0) is 23.7. The fourth-order valence-corrected chi connectivity index (χ4v) is 4.97. The molecule has 1 N–H and O–H groups in total. The van der Waals surface area contributed by atoms with Crippen LogP contribution in [0.1, 0.15) is 23.7 Å². The monoisotopic (exact) mass is 493 g/mol. The largest absolute Gasteiger partial charge is 0.479 e. The minimum absolute atomic E-state index is 0.00324. The number of nitriles is 1. The average Bonchev–Trinajstić information content (AvgIpc) is 3.21. The first-order valence-electron chi connectivity index (χ1n) is 11.0. The van der Waals surface area contributed by atoms with Crippen molar-refractivity contribution in [2.24, 2.45) is 5.92 Å². The first-order valence-corrected chi connectivity index (χ1v) is 11.7. The number of allylic oxidation sites excluding steroid dienone is 2. The molecule has 1 aliphatic carbocycles. The van der Waals surface area contributed by atoms with E-state index in [1.165, 1.54) is 5.56 Å². The maximum Gasteiger partial charge on any atom is 0.415 e. The number of carbonyl (C=O) groups excluding carboxylic acids is 1. The lowest BCUT2D eigenvalue weighted by atomic mass is 9.84. The van der Waals surface area contributed by atoms with Gasteiger partial charge in [0.1, 0.15) is 17.6 Å². The van der Waals surface area contributed by atoms with Gasteiger partial charge in [0.05, 0.1) is 6.04 Å². The summed E-state index contributed by atoms with van der Waals surface area (Å²) >= 11 is 12.2. The third kappa shape index (κ3) is 4.37. The van der Waals surface area contributed by atoms with Crippen molar-refractivity contribution in [2.45, 2.75) is 18.9 Å². The van der Waals surface area contributed by atoms with Crippen LogP contribution < -0.4 is 4.74 Å². The minimum Gasteiger partial charge on any atom is -0.479 e. The van der Waals surface area contributed by atoms with Gasteiger partial charge in [-0.15, -0.1) is 0 Å². The number of fused-ring (bicyclic) bond motifs is 3. The van der Waals surface area contributed by atoms with Gasteiger partial charge in [0, 0.05) is 39.1 Å². The number of ether oxygens (including phenoxy) is 2. The lowest BCUT2D eigenvalue weighted by molar-refractivity contribution is 0.111. The van der Waals surface area contributed by atoms with Gasteiger partial charge < -0.3 is 14.5 Å². The highest BCUT2D eigenvalue weighted by Gasteiger charge is 2.39. The highest BCUT2D eigenvalue weighted by molar-refractivity contribution is 6.31. The molecule has 3 aromatic rings. The van der Waals surface area contributed by atoms with Crippen molar-refractivity contribution in [3.05, 3.63) is 87.8 Å². The minimum atomic E-state index is -0.418. The number of H-pyrrole nitrogens is 1. The third-order valence-electron chi connectivity index (χ3n) is 6.20. The second-order valence-corrected chi connectivity index (χ2v) is 9.10. The molecule has 0 saturated heterocycles. The van der Waals surface area contributed by atoms with Gasteiger partial charge in [-0.1, -0.05) is 29.3 Å². The van der Waals surface area contributed by atoms with Gasteiger partial charge in [0.15, 0.2) is 6.61 Å². The van der Waals surface area contributed by atoms with Crippen molar-refractivity contribution < 1.29 is 14.3 Å². The van der Waals surface area contributed by atoms with Crippen molar-refractivity contribution in [3.63, 3.8) is 0 Å². The molecule has 2 atom stereocenters. The maximum atomic E-state index is 13.3. The first-order chi connectivity index (χ1) is 16.5. The fourth-order valence-electron chi connectivity index (χ4n) is 4.68. The molecule has 1 aliphatic heterocycles. The van der Waals surface area contributed by atoms with Crippen molar-refractivity contribution in [3.8, 4) is 11.8 Å². The van der Waals surface area contributed by atoms with Gasteiger partial charge >= 0.3 is 6.09 Å². The normalized spacial score (nSPS) is 19.3. The van der Waals surface area contributed by atoms with Crippen molar-refractivity contribution in [1.82, 2.24) is 9.88 Å². The molecule has 2 aromatic carbocycles. The van der Waals surface area contributed by atoms with E-state index >= 15 is 0 Å². The number of aromatic nitrogens is 1. The zero-order valence-corrected chi connectivity index (χ0v) is 19.6. The summed E-state index contributed by atoms with van der Waals surface area (Å²) in [5, 5.41) is 11.1. The quantitative estimate of drug-likeness (QED) is 0.445. The molecule has 1 amide bonds. The number of nitrogens with zero attached hydrogens (tertiary/aromatic N) is 2. The highest BCUT2D eigenvalue weighted by Crippen LogP contribution is 2.42. The Hall–Kier alpha value is -3.40. The van der Waals surface area contributed by atoms with E-state index in [1.807, 2.05) is 42.5 Å². The van der Waals surface area contributed by atoms with E-state index in [-0.39, 0.29) is 18.6 Å². The first kappa shape index (κ1) is 22.4. The van der Waals surface area contributed by atoms with Crippen LogP contribution >= 0.6 is 23.2 Å². The number of halogens is 2. The highest BCUT2D eigenvalue weighted by atomic mass is 35.5. The van der Waals surface area contributed by atoms with E-state index in [0.29, 0.717) is 40.9 Å². The van der Waals surface area contributed by atoms with E-state index in [2.05, 4.69) is 4.98 Å². The second kappa shape index (κ2) is 9.46.